The Balaban J connectivity index is 1.77. The average Bonchev–Trinajstić information content (AvgIpc) is 3.13. The molecule has 1 saturated heterocycles. The highest BCUT2D eigenvalue weighted by Crippen LogP contribution is 2.22. The molecule has 1 fully saturated rings. The average molecular weight is 276 g/mol. The van der Waals surface area contributed by atoms with Crippen LogP contribution in [-0.4, -0.2) is 38.2 Å². The van der Waals surface area contributed by atoms with Gasteiger partial charge in [0.25, 0.3) is 5.91 Å². The molecule has 1 amide bonds. The van der Waals surface area contributed by atoms with Gasteiger partial charge in [-0.1, -0.05) is 0 Å². The smallest absolute Gasteiger partial charge is 0.416 e. The number of aromatic amines is 1. The summed E-state index contributed by atoms with van der Waals surface area (Å²) in [6.07, 6.45) is 5.63. The summed E-state index contributed by atoms with van der Waals surface area (Å²) in [7, 11) is 1.89. The molecule has 106 valence electrons. The molecule has 2 aromatic rings. The zero-order chi connectivity index (χ0) is 14.1. The van der Waals surface area contributed by atoms with Crippen LogP contribution in [0.3, 0.4) is 0 Å². The second-order valence-electron chi connectivity index (χ2n) is 5.01. The Kier molecular flexibility index (Phi) is 3.17. The molecule has 2 aromatic heterocycles. The fourth-order valence-electron chi connectivity index (χ4n) is 2.70. The maximum atomic E-state index is 12.4. The summed E-state index contributed by atoms with van der Waals surface area (Å²) in [4.78, 5) is 27.6. The molecule has 7 heteroatoms. The zero-order valence-electron chi connectivity index (χ0n) is 11.2. The van der Waals surface area contributed by atoms with E-state index in [9.17, 15) is 9.59 Å². The summed E-state index contributed by atoms with van der Waals surface area (Å²) in [6.45, 7) is 0.703. The minimum Gasteiger partial charge on any atom is -0.416 e. The van der Waals surface area contributed by atoms with Gasteiger partial charge in [0.05, 0.1) is 0 Å². The van der Waals surface area contributed by atoms with Gasteiger partial charge in [0.15, 0.2) is 0 Å². The summed E-state index contributed by atoms with van der Waals surface area (Å²) in [5, 5.41) is 4.14. The first-order chi connectivity index (χ1) is 9.65. The van der Waals surface area contributed by atoms with Crippen molar-refractivity contribution in [3.05, 3.63) is 40.5 Å². The number of nitrogens with zero attached hydrogens (tertiary/aromatic N) is 3. The number of carbonyl (C=O) groups excluding carboxylic acids is 1. The number of hydrogen-bond donors (Lipinski definition) is 1. The summed E-state index contributed by atoms with van der Waals surface area (Å²) < 4.78 is 6.45. The van der Waals surface area contributed by atoms with Gasteiger partial charge in [-0.15, -0.1) is 0 Å². The van der Waals surface area contributed by atoms with Gasteiger partial charge < -0.3 is 9.32 Å². The van der Waals surface area contributed by atoms with Crippen molar-refractivity contribution in [1.82, 2.24) is 19.7 Å². The maximum absolute atomic E-state index is 12.4. The highest BCUT2D eigenvalue weighted by Gasteiger charge is 2.31. The lowest BCUT2D eigenvalue weighted by molar-refractivity contribution is 0.0729. The van der Waals surface area contributed by atoms with Crippen LogP contribution in [-0.2, 0) is 13.5 Å². The fraction of sp³-hybridized carbons (Fsp3) is 0.462. The van der Waals surface area contributed by atoms with E-state index >= 15 is 0 Å². The standard InChI is InChI=1S/C13H16N4O3/c1-16-9(4-5-14-16)7-10-3-2-6-17(10)12(18)11-8-20-13(19)15-11/h4-5,8,10H,2-3,6-7H2,1H3,(H,15,19)/t10-/m0/s1. The van der Waals surface area contributed by atoms with Crippen LogP contribution < -0.4 is 5.76 Å². The third-order valence-electron chi connectivity index (χ3n) is 3.76. The maximum Gasteiger partial charge on any atom is 0.416 e. The van der Waals surface area contributed by atoms with E-state index in [1.807, 2.05) is 17.8 Å². The van der Waals surface area contributed by atoms with Crippen molar-refractivity contribution in [2.45, 2.75) is 25.3 Å². The first-order valence-corrected chi connectivity index (χ1v) is 6.61. The number of aromatic nitrogens is 3. The lowest BCUT2D eigenvalue weighted by Crippen LogP contribution is -2.37. The number of carbonyl (C=O) groups is 1. The number of rotatable bonds is 3. The van der Waals surface area contributed by atoms with E-state index in [0.29, 0.717) is 6.54 Å². The van der Waals surface area contributed by atoms with Gasteiger partial charge in [-0.05, 0) is 18.9 Å². The third-order valence-corrected chi connectivity index (χ3v) is 3.76. The lowest BCUT2D eigenvalue weighted by Gasteiger charge is -2.23. The Morgan fingerprint density at radius 3 is 3.10 bits per heavy atom. The number of H-pyrrole nitrogens is 1. The predicted octanol–water partition coefficient (Wildman–Crippen LogP) is 0.549. The molecule has 7 nitrogen and oxygen atoms in total. The molecule has 20 heavy (non-hydrogen) atoms. The topological polar surface area (TPSA) is 84.1 Å². The second kappa shape index (κ2) is 4.99. The fourth-order valence-corrected chi connectivity index (χ4v) is 2.70. The summed E-state index contributed by atoms with van der Waals surface area (Å²) in [5.41, 5.74) is 1.31. The Hall–Kier alpha value is -2.31. The van der Waals surface area contributed by atoms with Crippen molar-refractivity contribution in [3.63, 3.8) is 0 Å². The zero-order valence-corrected chi connectivity index (χ0v) is 11.2. The molecule has 0 unspecified atom stereocenters. The van der Waals surface area contributed by atoms with Crippen molar-refractivity contribution >= 4 is 5.91 Å². The highest BCUT2D eigenvalue weighted by atomic mass is 16.4. The molecule has 1 aliphatic rings. The van der Waals surface area contributed by atoms with Crippen LogP contribution in [0.2, 0.25) is 0 Å². The molecule has 0 aromatic carbocycles. The minimum atomic E-state index is -0.601. The number of amides is 1. The van der Waals surface area contributed by atoms with Crippen molar-refractivity contribution in [3.8, 4) is 0 Å². The van der Waals surface area contributed by atoms with E-state index in [2.05, 4.69) is 14.5 Å². The van der Waals surface area contributed by atoms with Crippen LogP contribution in [0.15, 0.2) is 27.7 Å². The largest absolute Gasteiger partial charge is 0.416 e. The quantitative estimate of drug-likeness (QED) is 0.887. The summed E-state index contributed by atoms with van der Waals surface area (Å²) in [5.74, 6) is -0.781. The molecule has 3 heterocycles. The molecule has 1 N–H and O–H groups in total. The Morgan fingerprint density at radius 1 is 1.60 bits per heavy atom. The van der Waals surface area contributed by atoms with Crippen LogP contribution in [0.4, 0.5) is 0 Å². The van der Waals surface area contributed by atoms with Gasteiger partial charge in [-0.3, -0.25) is 14.5 Å². The number of aryl methyl sites for hydroxylation is 1. The van der Waals surface area contributed by atoms with E-state index in [1.54, 1.807) is 11.1 Å². The van der Waals surface area contributed by atoms with Crippen LogP contribution in [0, 0.1) is 0 Å². The first kappa shape index (κ1) is 12.7. The number of likely N-dealkylation sites (tertiary alicyclic amines) is 1. The minimum absolute atomic E-state index is 0.135. The molecule has 0 saturated carbocycles. The van der Waals surface area contributed by atoms with Gasteiger partial charge in [0, 0.05) is 37.9 Å². The summed E-state index contributed by atoms with van der Waals surface area (Å²) in [6, 6.07) is 2.09. The van der Waals surface area contributed by atoms with Crippen LogP contribution in [0.5, 0.6) is 0 Å². The first-order valence-electron chi connectivity index (χ1n) is 6.61. The van der Waals surface area contributed by atoms with Gasteiger partial charge in [0.1, 0.15) is 12.0 Å². The number of hydrogen-bond acceptors (Lipinski definition) is 4. The van der Waals surface area contributed by atoms with E-state index < -0.39 is 5.76 Å². The highest BCUT2D eigenvalue weighted by molar-refractivity contribution is 5.92. The van der Waals surface area contributed by atoms with Gasteiger partial charge in [-0.2, -0.15) is 5.10 Å². The van der Waals surface area contributed by atoms with E-state index in [4.69, 9.17) is 0 Å². The molecule has 0 bridgehead atoms. The number of oxazole rings is 1. The molecular formula is C13H16N4O3. The Bertz CT molecular complexity index is 669. The molecule has 0 spiro atoms. The molecule has 3 rings (SSSR count). The molecule has 1 aliphatic heterocycles. The van der Waals surface area contributed by atoms with Crippen molar-refractivity contribution in [2.24, 2.45) is 7.05 Å². The summed E-state index contributed by atoms with van der Waals surface area (Å²) >= 11 is 0. The monoisotopic (exact) mass is 276 g/mol. The van der Waals surface area contributed by atoms with Gasteiger partial charge in [-0.25, -0.2) is 4.79 Å². The van der Waals surface area contributed by atoms with Gasteiger partial charge in [0.2, 0.25) is 0 Å². The van der Waals surface area contributed by atoms with Gasteiger partial charge >= 0.3 is 5.76 Å². The Labute approximate surface area is 115 Å². The normalized spacial score (nSPS) is 18.6. The van der Waals surface area contributed by atoms with Crippen LogP contribution in [0.1, 0.15) is 29.0 Å². The van der Waals surface area contributed by atoms with E-state index in [1.165, 1.54) is 6.26 Å². The van der Waals surface area contributed by atoms with Crippen LogP contribution in [0.25, 0.3) is 0 Å². The lowest BCUT2D eigenvalue weighted by atomic mass is 10.1. The van der Waals surface area contributed by atoms with E-state index in [0.717, 1.165) is 25.0 Å². The van der Waals surface area contributed by atoms with Crippen LogP contribution >= 0.6 is 0 Å². The van der Waals surface area contributed by atoms with Crippen molar-refractivity contribution in [2.75, 3.05) is 6.54 Å². The Morgan fingerprint density at radius 2 is 2.45 bits per heavy atom. The predicted molar refractivity (Wildman–Crippen MR) is 70.3 cm³/mol. The molecule has 0 aliphatic carbocycles. The SMILES string of the molecule is Cn1nccc1C[C@@H]1CCCN1C(=O)c1coc(=O)[nH]1. The number of nitrogens with one attached hydrogen (secondary N) is 1. The molecule has 1 atom stereocenters. The van der Waals surface area contributed by atoms with Crippen molar-refractivity contribution < 1.29 is 9.21 Å². The third kappa shape index (κ3) is 2.26. The molecular weight excluding hydrogens is 260 g/mol. The van der Waals surface area contributed by atoms with E-state index in [-0.39, 0.29) is 17.6 Å². The molecule has 0 radical (unpaired) electrons. The second-order valence-corrected chi connectivity index (χ2v) is 5.01. The van der Waals surface area contributed by atoms with Crippen molar-refractivity contribution in [1.29, 1.82) is 0 Å².